The van der Waals surface area contributed by atoms with Crippen molar-refractivity contribution >= 4 is 45.6 Å². The van der Waals surface area contributed by atoms with Crippen molar-refractivity contribution in [2.45, 2.75) is 25.7 Å². The number of amides is 1. The van der Waals surface area contributed by atoms with Crippen LogP contribution in [0.4, 0.5) is 10.1 Å². The molecule has 0 radical (unpaired) electrons. The van der Waals surface area contributed by atoms with E-state index in [2.05, 4.69) is 10.3 Å². The number of hydrogen-bond donors (Lipinski definition) is 1. The largest absolute Gasteiger partial charge is 0.458 e. The van der Waals surface area contributed by atoms with Crippen molar-refractivity contribution in [3.05, 3.63) is 63.3 Å². The van der Waals surface area contributed by atoms with Crippen molar-refractivity contribution in [2.24, 2.45) is 0 Å². The smallest absolute Gasteiger partial charge is 0.319 e. The van der Waals surface area contributed by atoms with E-state index in [0.717, 1.165) is 17.5 Å². The first kappa shape index (κ1) is 21.0. The van der Waals surface area contributed by atoms with Crippen LogP contribution in [-0.4, -0.2) is 32.3 Å². The van der Waals surface area contributed by atoms with Crippen molar-refractivity contribution in [3.8, 4) is 0 Å². The van der Waals surface area contributed by atoms with E-state index in [0.29, 0.717) is 16.3 Å². The van der Waals surface area contributed by atoms with Crippen LogP contribution in [0.5, 0.6) is 0 Å². The molecule has 2 aromatic heterocycles. The Morgan fingerprint density at radius 3 is 2.79 bits per heavy atom. The predicted molar refractivity (Wildman–Crippen MR) is 111 cm³/mol. The van der Waals surface area contributed by atoms with Gasteiger partial charge in [0.1, 0.15) is 17.7 Å². The van der Waals surface area contributed by atoms with Gasteiger partial charge in [-0.25, -0.2) is 9.37 Å². The molecule has 1 aromatic carbocycles. The van der Waals surface area contributed by atoms with Gasteiger partial charge in [0, 0.05) is 22.8 Å². The van der Waals surface area contributed by atoms with Gasteiger partial charge in [0.2, 0.25) is 5.91 Å². The molecule has 0 saturated heterocycles. The third-order valence-corrected chi connectivity index (χ3v) is 5.98. The highest BCUT2D eigenvalue weighted by Crippen LogP contribution is 2.16. The van der Waals surface area contributed by atoms with Crippen LogP contribution in [0, 0.1) is 12.7 Å². The lowest BCUT2D eigenvalue weighted by Crippen LogP contribution is -2.22. The molecule has 0 aliphatic heterocycles. The number of thiazole rings is 1. The summed E-state index contributed by atoms with van der Waals surface area (Å²) in [5.74, 6) is -1.17. The second-order valence-corrected chi connectivity index (χ2v) is 8.36. The number of esters is 1. The first-order valence-corrected chi connectivity index (χ1v) is 10.6. The average molecular weight is 436 g/mol. The summed E-state index contributed by atoms with van der Waals surface area (Å²) in [7, 11) is 0. The molecule has 2 heterocycles. The first-order valence-electron chi connectivity index (χ1n) is 8.64. The SMILES string of the molecule is Cc1csc2nc(COC(=O)[C@H](C)SCC(=O)Nc3ccc(F)cc3)cc(=O)n12. The van der Waals surface area contributed by atoms with Crippen LogP contribution in [0.2, 0.25) is 0 Å². The molecule has 0 spiro atoms. The third-order valence-electron chi connectivity index (χ3n) is 3.92. The molecule has 0 unspecified atom stereocenters. The third kappa shape index (κ3) is 5.42. The number of nitrogens with one attached hydrogen (secondary N) is 1. The number of halogens is 1. The quantitative estimate of drug-likeness (QED) is 0.574. The Morgan fingerprint density at radius 1 is 1.34 bits per heavy atom. The van der Waals surface area contributed by atoms with E-state index in [9.17, 15) is 18.8 Å². The molecule has 7 nitrogen and oxygen atoms in total. The van der Waals surface area contributed by atoms with Crippen LogP contribution in [0.3, 0.4) is 0 Å². The van der Waals surface area contributed by atoms with Gasteiger partial charge in [0.25, 0.3) is 5.56 Å². The fraction of sp³-hybridized carbons (Fsp3) is 0.263. The van der Waals surface area contributed by atoms with Crippen molar-refractivity contribution in [2.75, 3.05) is 11.1 Å². The Hall–Kier alpha value is -2.72. The molecule has 3 aromatic rings. The maximum absolute atomic E-state index is 12.9. The van der Waals surface area contributed by atoms with E-state index >= 15 is 0 Å². The number of carbonyl (C=O) groups is 2. The van der Waals surface area contributed by atoms with Crippen LogP contribution < -0.4 is 10.9 Å². The summed E-state index contributed by atoms with van der Waals surface area (Å²) in [6.45, 7) is 3.33. The van der Waals surface area contributed by atoms with Gasteiger partial charge < -0.3 is 10.1 Å². The van der Waals surface area contributed by atoms with E-state index in [1.165, 1.54) is 46.1 Å². The number of nitrogens with zero attached hydrogens (tertiary/aromatic N) is 2. The number of benzene rings is 1. The molecule has 3 rings (SSSR count). The van der Waals surface area contributed by atoms with Gasteiger partial charge in [-0.1, -0.05) is 0 Å². The number of ether oxygens (including phenoxy) is 1. The van der Waals surface area contributed by atoms with E-state index in [1.54, 1.807) is 6.92 Å². The van der Waals surface area contributed by atoms with Crippen LogP contribution >= 0.6 is 23.1 Å². The van der Waals surface area contributed by atoms with Crippen molar-refractivity contribution in [3.63, 3.8) is 0 Å². The summed E-state index contributed by atoms with van der Waals surface area (Å²) < 4.78 is 19.6. The molecular weight excluding hydrogens is 417 g/mol. The Labute approximate surface area is 173 Å². The van der Waals surface area contributed by atoms with Crippen LogP contribution in [0.1, 0.15) is 18.3 Å². The van der Waals surface area contributed by atoms with Gasteiger partial charge in [0.15, 0.2) is 4.96 Å². The van der Waals surface area contributed by atoms with Gasteiger partial charge >= 0.3 is 5.97 Å². The minimum absolute atomic E-state index is 0.0354. The molecule has 1 amide bonds. The number of aryl methyl sites for hydroxylation is 1. The number of anilines is 1. The summed E-state index contributed by atoms with van der Waals surface area (Å²) in [4.78, 5) is 41.1. The van der Waals surface area contributed by atoms with E-state index in [-0.39, 0.29) is 29.6 Å². The normalized spacial score (nSPS) is 12.0. The van der Waals surface area contributed by atoms with Crippen molar-refractivity contribution in [1.29, 1.82) is 0 Å². The molecule has 10 heteroatoms. The zero-order chi connectivity index (χ0) is 21.0. The minimum atomic E-state index is -0.581. The van der Waals surface area contributed by atoms with Gasteiger partial charge in [-0.2, -0.15) is 0 Å². The van der Waals surface area contributed by atoms with E-state index < -0.39 is 11.2 Å². The summed E-state index contributed by atoms with van der Waals surface area (Å²) in [6, 6.07) is 6.75. The molecule has 29 heavy (non-hydrogen) atoms. The Bertz CT molecular complexity index is 1100. The fourth-order valence-corrected chi connectivity index (χ4v) is 4.00. The standard InChI is InChI=1S/C19H18FN3O4S2/c1-11-9-29-19-22-15(7-17(25)23(11)19)8-27-18(26)12(2)28-10-16(24)21-14-5-3-13(20)4-6-14/h3-7,9,12H,8,10H2,1-2H3,(H,21,24)/t12-/m0/s1. The van der Waals surface area contributed by atoms with Gasteiger partial charge in [-0.3, -0.25) is 18.8 Å². The van der Waals surface area contributed by atoms with Crippen LogP contribution in [0.15, 0.2) is 40.5 Å². The van der Waals surface area contributed by atoms with Gasteiger partial charge in [-0.05, 0) is 38.1 Å². The lowest BCUT2D eigenvalue weighted by atomic mass is 10.3. The Kier molecular flexibility index (Phi) is 6.65. The van der Waals surface area contributed by atoms with Gasteiger partial charge in [-0.15, -0.1) is 23.1 Å². The van der Waals surface area contributed by atoms with Crippen molar-refractivity contribution in [1.82, 2.24) is 9.38 Å². The number of thioether (sulfide) groups is 1. The topological polar surface area (TPSA) is 89.8 Å². The molecule has 0 saturated carbocycles. The molecule has 1 N–H and O–H groups in total. The predicted octanol–water partition coefficient (Wildman–Crippen LogP) is 3.01. The summed E-state index contributed by atoms with van der Waals surface area (Å²) in [5.41, 5.74) is 1.43. The number of hydrogen-bond acceptors (Lipinski definition) is 7. The molecule has 1 atom stereocenters. The second-order valence-electron chi connectivity index (χ2n) is 6.20. The van der Waals surface area contributed by atoms with Crippen LogP contribution in [-0.2, 0) is 20.9 Å². The maximum atomic E-state index is 12.9. The second kappa shape index (κ2) is 9.19. The average Bonchev–Trinajstić information content (AvgIpc) is 3.07. The lowest BCUT2D eigenvalue weighted by Gasteiger charge is -2.11. The highest BCUT2D eigenvalue weighted by atomic mass is 32.2. The summed E-state index contributed by atoms with van der Waals surface area (Å²) in [6.07, 6.45) is 0. The molecule has 0 aliphatic rings. The zero-order valence-corrected chi connectivity index (χ0v) is 17.3. The fourth-order valence-electron chi connectivity index (χ4n) is 2.44. The number of carbonyl (C=O) groups excluding carboxylic acids is 2. The van der Waals surface area contributed by atoms with E-state index in [1.807, 2.05) is 12.3 Å². The van der Waals surface area contributed by atoms with Crippen LogP contribution in [0.25, 0.3) is 4.96 Å². The zero-order valence-electron chi connectivity index (χ0n) is 15.7. The number of aromatic nitrogens is 2. The molecule has 152 valence electrons. The number of rotatable bonds is 7. The maximum Gasteiger partial charge on any atom is 0.319 e. The van der Waals surface area contributed by atoms with Crippen molar-refractivity contribution < 1.29 is 18.7 Å². The molecule has 0 aliphatic carbocycles. The molecule has 0 bridgehead atoms. The highest BCUT2D eigenvalue weighted by Gasteiger charge is 2.18. The molecule has 0 fully saturated rings. The highest BCUT2D eigenvalue weighted by molar-refractivity contribution is 8.01. The van der Waals surface area contributed by atoms with E-state index in [4.69, 9.17) is 4.74 Å². The summed E-state index contributed by atoms with van der Waals surface area (Å²) in [5, 5.41) is 3.87. The molecular formula is C19H18FN3O4S2. The van der Waals surface area contributed by atoms with Gasteiger partial charge in [0.05, 0.1) is 11.4 Å². The lowest BCUT2D eigenvalue weighted by molar-refractivity contribution is -0.144. The first-order chi connectivity index (χ1) is 13.8. The Balaban J connectivity index is 1.48. The summed E-state index contributed by atoms with van der Waals surface area (Å²) >= 11 is 2.45. The minimum Gasteiger partial charge on any atom is -0.458 e. The monoisotopic (exact) mass is 435 g/mol. The number of fused-ring (bicyclic) bond motifs is 1. The Morgan fingerprint density at radius 2 is 2.07 bits per heavy atom.